The van der Waals surface area contributed by atoms with Crippen LogP contribution >= 0.6 is 0 Å². The molecule has 0 saturated carbocycles. The van der Waals surface area contributed by atoms with Gasteiger partial charge in [-0.05, 0) is 25.0 Å². The molecule has 1 heterocycles. The standard InChI is InChI=1S/C13H15N3O3/c1-19-12-3-2-6-15(9-12)11-5-4-10(8-14)13(7-11)16(17)18/h4-5,7,12H,2-3,6,9H2,1H3. The van der Waals surface area contributed by atoms with Crippen molar-refractivity contribution in [3.8, 4) is 6.07 Å². The number of nitriles is 1. The average Bonchev–Trinajstić information content (AvgIpc) is 2.46. The number of hydrogen-bond donors (Lipinski definition) is 0. The van der Waals surface area contributed by atoms with E-state index in [-0.39, 0.29) is 17.4 Å². The summed E-state index contributed by atoms with van der Waals surface area (Å²) in [5.41, 5.74) is 0.723. The third kappa shape index (κ3) is 2.83. The van der Waals surface area contributed by atoms with Gasteiger partial charge in [0, 0.05) is 32.0 Å². The molecule has 0 radical (unpaired) electrons. The van der Waals surface area contributed by atoms with Crippen molar-refractivity contribution in [3.05, 3.63) is 33.9 Å². The molecule has 1 aromatic rings. The van der Waals surface area contributed by atoms with Crippen LogP contribution in [0, 0.1) is 21.4 Å². The Kier molecular flexibility index (Phi) is 3.97. The highest BCUT2D eigenvalue weighted by molar-refractivity contribution is 5.60. The van der Waals surface area contributed by atoms with Gasteiger partial charge in [0.05, 0.1) is 11.0 Å². The zero-order valence-electron chi connectivity index (χ0n) is 10.7. The van der Waals surface area contributed by atoms with Crippen LogP contribution in [0.3, 0.4) is 0 Å². The molecule has 0 aliphatic carbocycles. The predicted molar refractivity (Wildman–Crippen MR) is 70.1 cm³/mol. The first-order chi connectivity index (χ1) is 9.15. The lowest BCUT2D eigenvalue weighted by molar-refractivity contribution is -0.385. The van der Waals surface area contributed by atoms with E-state index in [0.29, 0.717) is 0 Å². The molecule has 19 heavy (non-hydrogen) atoms. The molecule has 1 aliphatic heterocycles. The summed E-state index contributed by atoms with van der Waals surface area (Å²) in [4.78, 5) is 12.5. The lowest BCUT2D eigenvalue weighted by atomic mass is 10.1. The molecule has 0 amide bonds. The van der Waals surface area contributed by atoms with E-state index < -0.39 is 4.92 Å². The third-order valence-electron chi connectivity index (χ3n) is 3.38. The summed E-state index contributed by atoms with van der Waals surface area (Å²) in [6.45, 7) is 1.57. The van der Waals surface area contributed by atoms with E-state index in [0.717, 1.165) is 31.6 Å². The fraction of sp³-hybridized carbons (Fsp3) is 0.462. The van der Waals surface area contributed by atoms with Gasteiger partial charge in [-0.15, -0.1) is 0 Å². The Morgan fingerprint density at radius 1 is 1.58 bits per heavy atom. The van der Waals surface area contributed by atoms with Gasteiger partial charge in [-0.1, -0.05) is 0 Å². The predicted octanol–water partition coefficient (Wildman–Crippen LogP) is 2.08. The maximum Gasteiger partial charge on any atom is 0.289 e. The van der Waals surface area contributed by atoms with Gasteiger partial charge < -0.3 is 9.64 Å². The van der Waals surface area contributed by atoms with Crippen molar-refractivity contribution in [2.24, 2.45) is 0 Å². The summed E-state index contributed by atoms with van der Waals surface area (Å²) >= 11 is 0. The van der Waals surface area contributed by atoms with Crippen LogP contribution in [-0.4, -0.2) is 31.2 Å². The highest BCUT2D eigenvalue weighted by Crippen LogP contribution is 2.27. The number of anilines is 1. The zero-order chi connectivity index (χ0) is 13.8. The number of nitro groups is 1. The van der Waals surface area contributed by atoms with Gasteiger partial charge in [-0.3, -0.25) is 10.1 Å². The summed E-state index contributed by atoms with van der Waals surface area (Å²) in [6.07, 6.45) is 2.15. The molecule has 0 N–H and O–H groups in total. The Morgan fingerprint density at radius 2 is 2.37 bits per heavy atom. The van der Waals surface area contributed by atoms with Gasteiger partial charge in [0.1, 0.15) is 11.6 Å². The van der Waals surface area contributed by atoms with Crippen molar-refractivity contribution in [2.45, 2.75) is 18.9 Å². The fourth-order valence-electron chi connectivity index (χ4n) is 2.33. The van der Waals surface area contributed by atoms with Gasteiger partial charge in [0.25, 0.3) is 5.69 Å². The van der Waals surface area contributed by atoms with Gasteiger partial charge in [-0.2, -0.15) is 5.26 Å². The van der Waals surface area contributed by atoms with E-state index >= 15 is 0 Å². The molecule has 1 aromatic carbocycles. The van der Waals surface area contributed by atoms with E-state index in [1.165, 1.54) is 12.1 Å². The SMILES string of the molecule is COC1CCCN(c2ccc(C#N)c([N+](=O)[O-])c2)C1. The second-order valence-corrected chi connectivity index (χ2v) is 4.52. The highest BCUT2D eigenvalue weighted by Gasteiger charge is 2.22. The smallest absolute Gasteiger partial charge is 0.289 e. The monoisotopic (exact) mass is 261 g/mol. The van der Waals surface area contributed by atoms with Crippen molar-refractivity contribution in [3.63, 3.8) is 0 Å². The number of ether oxygens (including phenoxy) is 1. The highest BCUT2D eigenvalue weighted by atomic mass is 16.6. The van der Waals surface area contributed by atoms with E-state index in [4.69, 9.17) is 10.00 Å². The van der Waals surface area contributed by atoms with Gasteiger partial charge >= 0.3 is 0 Å². The first-order valence-corrected chi connectivity index (χ1v) is 6.12. The number of benzene rings is 1. The van der Waals surface area contributed by atoms with Crippen molar-refractivity contribution in [1.29, 1.82) is 5.26 Å². The van der Waals surface area contributed by atoms with Crippen LogP contribution < -0.4 is 4.90 Å². The van der Waals surface area contributed by atoms with Gasteiger partial charge in [-0.25, -0.2) is 0 Å². The molecule has 1 saturated heterocycles. The molecule has 100 valence electrons. The third-order valence-corrected chi connectivity index (χ3v) is 3.38. The molecule has 6 nitrogen and oxygen atoms in total. The molecule has 0 aromatic heterocycles. The summed E-state index contributed by atoms with van der Waals surface area (Å²) in [7, 11) is 1.68. The van der Waals surface area contributed by atoms with Crippen LogP contribution in [0.2, 0.25) is 0 Å². The van der Waals surface area contributed by atoms with E-state index in [1.807, 2.05) is 6.07 Å². The largest absolute Gasteiger partial charge is 0.380 e. The molecular formula is C13H15N3O3. The lowest BCUT2D eigenvalue weighted by Crippen LogP contribution is -2.39. The Hall–Kier alpha value is -2.13. The number of nitrogens with zero attached hydrogens (tertiary/aromatic N) is 3. The van der Waals surface area contributed by atoms with Crippen molar-refractivity contribution < 1.29 is 9.66 Å². The number of hydrogen-bond acceptors (Lipinski definition) is 5. The molecule has 0 spiro atoms. The maximum atomic E-state index is 10.9. The molecule has 1 unspecified atom stereocenters. The molecule has 0 bridgehead atoms. The second-order valence-electron chi connectivity index (χ2n) is 4.52. The summed E-state index contributed by atoms with van der Waals surface area (Å²) in [5.74, 6) is 0. The topological polar surface area (TPSA) is 79.4 Å². The minimum absolute atomic E-state index is 0.0917. The maximum absolute atomic E-state index is 10.9. The first-order valence-electron chi connectivity index (χ1n) is 6.12. The first kappa shape index (κ1) is 13.3. The summed E-state index contributed by atoms with van der Waals surface area (Å²) in [6, 6.07) is 6.57. The summed E-state index contributed by atoms with van der Waals surface area (Å²) < 4.78 is 5.34. The molecule has 2 rings (SSSR count). The number of piperidine rings is 1. The van der Waals surface area contributed by atoms with E-state index in [9.17, 15) is 10.1 Å². The van der Waals surface area contributed by atoms with Crippen LogP contribution in [0.15, 0.2) is 18.2 Å². The van der Waals surface area contributed by atoms with Crippen LogP contribution in [-0.2, 0) is 4.74 Å². The Labute approximate surface area is 111 Å². The Bertz CT molecular complexity index is 524. The number of methoxy groups -OCH3 is 1. The van der Waals surface area contributed by atoms with E-state index in [1.54, 1.807) is 13.2 Å². The molecule has 1 atom stereocenters. The van der Waals surface area contributed by atoms with Crippen LogP contribution in [0.25, 0.3) is 0 Å². The second kappa shape index (κ2) is 5.67. The quantitative estimate of drug-likeness (QED) is 0.614. The van der Waals surface area contributed by atoms with Crippen molar-refractivity contribution in [1.82, 2.24) is 0 Å². The molecule has 1 fully saturated rings. The van der Waals surface area contributed by atoms with Crippen molar-refractivity contribution >= 4 is 11.4 Å². The number of nitro benzene ring substituents is 1. The van der Waals surface area contributed by atoms with Gasteiger partial charge in [0.15, 0.2) is 0 Å². The van der Waals surface area contributed by atoms with Crippen molar-refractivity contribution in [2.75, 3.05) is 25.1 Å². The normalized spacial score (nSPS) is 18.9. The minimum Gasteiger partial charge on any atom is -0.380 e. The Balaban J connectivity index is 2.28. The molecule has 1 aliphatic rings. The molecular weight excluding hydrogens is 246 g/mol. The average molecular weight is 261 g/mol. The summed E-state index contributed by atoms with van der Waals surface area (Å²) in [5, 5.41) is 19.8. The number of rotatable bonds is 3. The van der Waals surface area contributed by atoms with Crippen LogP contribution in [0.1, 0.15) is 18.4 Å². The zero-order valence-corrected chi connectivity index (χ0v) is 10.7. The van der Waals surface area contributed by atoms with E-state index in [2.05, 4.69) is 4.90 Å². The Morgan fingerprint density at radius 3 is 3.00 bits per heavy atom. The fourth-order valence-corrected chi connectivity index (χ4v) is 2.33. The van der Waals surface area contributed by atoms with Crippen LogP contribution in [0.4, 0.5) is 11.4 Å². The lowest BCUT2D eigenvalue weighted by Gasteiger charge is -2.33. The van der Waals surface area contributed by atoms with Crippen LogP contribution in [0.5, 0.6) is 0 Å². The minimum atomic E-state index is -0.514. The molecule has 6 heteroatoms. The van der Waals surface area contributed by atoms with Gasteiger partial charge in [0.2, 0.25) is 0 Å².